The molecule has 0 aliphatic rings. The van der Waals surface area contributed by atoms with Gasteiger partial charge in [-0.15, -0.1) is 11.3 Å². The summed E-state index contributed by atoms with van der Waals surface area (Å²) in [5, 5.41) is 2.24. The molecule has 0 N–H and O–H groups in total. The van der Waals surface area contributed by atoms with Gasteiger partial charge in [0.1, 0.15) is 0 Å². The second-order valence-corrected chi connectivity index (χ2v) is 5.72. The Morgan fingerprint density at radius 2 is 2.00 bits per heavy atom. The molecule has 0 atom stereocenters. The van der Waals surface area contributed by atoms with Crippen molar-refractivity contribution < 1.29 is 0 Å². The van der Waals surface area contributed by atoms with E-state index in [0.717, 1.165) is 17.7 Å². The molecular weight excluding hydrogens is 264 g/mol. The van der Waals surface area contributed by atoms with Gasteiger partial charge in [-0.1, -0.05) is 25.1 Å². The monoisotopic (exact) mass is 280 g/mol. The summed E-state index contributed by atoms with van der Waals surface area (Å²) in [5.41, 5.74) is 5.92. The van der Waals surface area contributed by atoms with Gasteiger partial charge in [0.2, 0.25) is 0 Å². The van der Waals surface area contributed by atoms with E-state index in [9.17, 15) is 0 Å². The molecule has 3 aromatic rings. The van der Waals surface area contributed by atoms with Gasteiger partial charge in [-0.25, -0.2) is 0 Å². The number of benzene rings is 1. The molecule has 0 bridgehead atoms. The maximum Gasteiger partial charge on any atom is 0.0888 e. The quantitative estimate of drug-likeness (QED) is 0.692. The number of aryl methyl sites for hydroxylation is 1. The van der Waals surface area contributed by atoms with Crippen molar-refractivity contribution in [3.8, 4) is 22.4 Å². The number of nitrogens with zero attached hydrogens (tertiary/aromatic N) is 2. The van der Waals surface area contributed by atoms with Crippen molar-refractivity contribution in [2.24, 2.45) is 0 Å². The molecule has 0 fully saturated rings. The van der Waals surface area contributed by atoms with Gasteiger partial charge >= 0.3 is 0 Å². The molecular formula is C17H16N2S. The second kappa shape index (κ2) is 5.55. The van der Waals surface area contributed by atoms with Crippen LogP contribution >= 0.6 is 11.3 Å². The standard InChI is InChI=1S/C17H16N2S/c1-3-14-9-13(11-20-14)15-5-4-6-16(12(15)2)17-10-18-7-8-19-17/h4-11H,3H2,1-2H3. The Morgan fingerprint density at radius 3 is 2.70 bits per heavy atom. The average molecular weight is 280 g/mol. The van der Waals surface area contributed by atoms with Crippen molar-refractivity contribution in [3.63, 3.8) is 0 Å². The number of hydrogen-bond acceptors (Lipinski definition) is 3. The summed E-state index contributed by atoms with van der Waals surface area (Å²) in [6.07, 6.45) is 6.35. The number of hydrogen-bond donors (Lipinski definition) is 0. The van der Waals surface area contributed by atoms with E-state index in [1.54, 1.807) is 12.4 Å². The molecule has 100 valence electrons. The molecule has 2 nitrogen and oxygen atoms in total. The lowest BCUT2D eigenvalue weighted by Crippen LogP contribution is -1.90. The van der Waals surface area contributed by atoms with Gasteiger partial charge in [0, 0.05) is 22.8 Å². The van der Waals surface area contributed by atoms with Crippen LogP contribution in [0.4, 0.5) is 0 Å². The van der Waals surface area contributed by atoms with Crippen LogP contribution in [0.5, 0.6) is 0 Å². The van der Waals surface area contributed by atoms with Crippen LogP contribution in [0.2, 0.25) is 0 Å². The fraction of sp³-hybridized carbons (Fsp3) is 0.176. The van der Waals surface area contributed by atoms with Crippen LogP contribution in [0, 0.1) is 6.92 Å². The van der Waals surface area contributed by atoms with Crippen molar-refractivity contribution in [1.29, 1.82) is 0 Å². The highest BCUT2D eigenvalue weighted by Crippen LogP contribution is 2.33. The lowest BCUT2D eigenvalue weighted by Gasteiger charge is -2.09. The highest BCUT2D eigenvalue weighted by molar-refractivity contribution is 7.10. The molecule has 2 aromatic heterocycles. The Hall–Kier alpha value is -2.00. The van der Waals surface area contributed by atoms with Crippen LogP contribution in [-0.2, 0) is 6.42 Å². The Bertz CT molecular complexity index is 717. The summed E-state index contributed by atoms with van der Waals surface area (Å²) in [4.78, 5) is 9.99. The van der Waals surface area contributed by atoms with Gasteiger partial charge in [0.15, 0.2) is 0 Å². The minimum absolute atomic E-state index is 0.929. The summed E-state index contributed by atoms with van der Waals surface area (Å²) in [5.74, 6) is 0. The fourth-order valence-corrected chi connectivity index (χ4v) is 3.21. The number of thiophene rings is 1. The number of rotatable bonds is 3. The van der Waals surface area contributed by atoms with Gasteiger partial charge in [0.25, 0.3) is 0 Å². The van der Waals surface area contributed by atoms with Crippen LogP contribution in [0.3, 0.4) is 0 Å². The highest BCUT2D eigenvalue weighted by atomic mass is 32.1. The maximum atomic E-state index is 4.41. The Kier molecular flexibility index (Phi) is 3.61. The molecule has 0 radical (unpaired) electrons. The van der Waals surface area contributed by atoms with Gasteiger partial charge in [-0.05, 0) is 41.5 Å². The van der Waals surface area contributed by atoms with Gasteiger partial charge < -0.3 is 0 Å². The van der Waals surface area contributed by atoms with Crippen LogP contribution < -0.4 is 0 Å². The Morgan fingerprint density at radius 1 is 1.15 bits per heavy atom. The summed E-state index contributed by atoms with van der Waals surface area (Å²) >= 11 is 1.83. The van der Waals surface area contributed by atoms with Gasteiger partial charge in [-0.2, -0.15) is 0 Å². The average Bonchev–Trinajstić information content (AvgIpc) is 2.97. The third-order valence-electron chi connectivity index (χ3n) is 3.49. The van der Waals surface area contributed by atoms with E-state index in [0.29, 0.717) is 0 Å². The van der Waals surface area contributed by atoms with Crippen molar-refractivity contribution in [2.75, 3.05) is 0 Å². The zero-order valence-corrected chi connectivity index (χ0v) is 12.4. The molecule has 0 saturated heterocycles. The van der Waals surface area contributed by atoms with Crippen LogP contribution in [0.15, 0.2) is 48.2 Å². The predicted molar refractivity (Wildman–Crippen MR) is 84.9 cm³/mol. The molecule has 0 amide bonds. The van der Waals surface area contributed by atoms with E-state index in [2.05, 4.69) is 53.5 Å². The van der Waals surface area contributed by atoms with Gasteiger partial charge in [0.05, 0.1) is 11.9 Å². The van der Waals surface area contributed by atoms with Crippen LogP contribution in [-0.4, -0.2) is 9.97 Å². The van der Waals surface area contributed by atoms with E-state index < -0.39 is 0 Å². The summed E-state index contributed by atoms with van der Waals surface area (Å²) in [7, 11) is 0. The van der Waals surface area contributed by atoms with Crippen LogP contribution in [0.25, 0.3) is 22.4 Å². The molecule has 20 heavy (non-hydrogen) atoms. The van der Waals surface area contributed by atoms with Gasteiger partial charge in [-0.3, -0.25) is 9.97 Å². The first-order valence-electron chi connectivity index (χ1n) is 6.73. The van der Waals surface area contributed by atoms with E-state index in [1.165, 1.54) is 21.6 Å². The minimum atomic E-state index is 0.929. The largest absolute Gasteiger partial charge is 0.261 e. The van der Waals surface area contributed by atoms with Crippen LogP contribution in [0.1, 0.15) is 17.4 Å². The molecule has 1 aromatic carbocycles. The third-order valence-corrected chi connectivity index (χ3v) is 4.57. The molecule has 0 unspecified atom stereocenters. The van der Waals surface area contributed by atoms with E-state index in [1.807, 2.05) is 17.5 Å². The first-order chi connectivity index (χ1) is 9.79. The normalized spacial score (nSPS) is 10.7. The van der Waals surface area contributed by atoms with Crippen molar-refractivity contribution in [3.05, 3.63) is 58.7 Å². The lowest BCUT2D eigenvalue weighted by atomic mass is 9.96. The SMILES string of the molecule is CCc1cc(-c2cccc(-c3cnccn3)c2C)cs1. The summed E-state index contributed by atoms with van der Waals surface area (Å²) in [6, 6.07) is 8.66. The molecule has 0 spiro atoms. The molecule has 2 heterocycles. The first-order valence-corrected chi connectivity index (χ1v) is 7.61. The predicted octanol–water partition coefficient (Wildman–Crippen LogP) is 4.74. The van der Waals surface area contributed by atoms with Crippen molar-refractivity contribution in [1.82, 2.24) is 9.97 Å². The molecule has 3 rings (SSSR count). The maximum absolute atomic E-state index is 4.41. The third kappa shape index (κ3) is 2.37. The zero-order chi connectivity index (χ0) is 13.9. The smallest absolute Gasteiger partial charge is 0.0888 e. The van der Waals surface area contributed by atoms with Crippen molar-refractivity contribution in [2.45, 2.75) is 20.3 Å². The van der Waals surface area contributed by atoms with E-state index >= 15 is 0 Å². The Balaban J connectivity index is 2.10. The summed E-state index contributed by atoms with van der Waals surface area (Å²) in [6.45, 7) is 4.35. The zero-order valence-electron chi connectivity index (χ0n) is 11.6. The van der Waals surface area contributed by atoms with Crippen molar-refractivity contribution >= 4 is 11.3 Å². The highest BCUT2D eigenvalue weighted by Gasteiger charge is 2.10. The molecule has 3 heteroatoms. The first kappa shape index (κ1) is 13.0. The van der Waals surface area contributed by atoms with E-state index in [-0.39, 0.29) is 0 Å². The molecule has 0 aliphatic heterocycles. The minimum Gasteiger partial charge on any atom is -0.261 e. The fourth-order valence-electron chi connectivity index (χ4n) is 2.37. The van der Waals surface area contributed by atoms with E-state index in [4.69, 9.17) is 0 Å². The topological polar surface area (TPSA) is 25.8 Å². The second-order valence-electron chi connectivity index (χ2n) is 4.72. The summed E-state index contributed by atoms with van der Waals surface area (Å²) < 4.78 is 0. The molecule has 0 aliphatic carbocycles. The number of aromatic nitrogens is 2. The Labute approximate surface area is 123 Å². The molecule has 0 saturated carbocycles. The lowest BCUT2D eigenvalue weighted by molar-refractivity contribution is 1.19.